The van der Waals surface area contributed by atoms with Gasteiger partial charge in [0.05, 0.1) is 11.8 Å². The zero-order valence-corrected chi connectivity index (χ0v) is 12.3. The number of nitrogens with two attached hydrogens (primary N) is 1. The molecular formula is C14H13N3O3S. The Labute approximate surface area is 124 Å². The van der Waals surface area contributed by atoms with Crippen LogP contribution in [0, 0.1) is 6.92 Å². The molecule has 0 aliphatic rings. The minimum Gasteiger partial charge on any atom is -0.494 e. The van der Waals surface area contributed by atoms with E-state index in [1.165, 1.54) is 11.3 Å². The van der Waals surface area contributed by atoms with E-state index < -0.39 is 0 Å². The Kier molecular flexibility index (Phi) is 3.26. The number of thiazole rings is 1. The second-order valence-electron chi connectivity index (χ2n) is 4.45. The summed E-state index contributed by atoms with van der Waals surface area (Å²) in [7, 11) is 1.55. The number of hydrogen-bond acceptors (Lipinski definition) is 6. The highest BCUT2D eigenvalue weighted by molar-refractivity contribution is 7.22. The monoisotopic (exact) mass is 303 g/mol. The summed E-state index contributed by atoms with van der Waals surface area (Å²) in [5.74, 6) is 1.17. The normalized spacial score (nSPS) is 10.8. The number of nitrogens with zero attached hydrogens (tertiary/aromatic N) is 1. The molecule has 0 aliphatic heterocycles. The average Bonchev–Trinajstić information content (AvgIpc) is 3.03. The SMILES string of the molecule is COc1cc(N)cc2sc(NC(=O)c3ccc(C)o3)nc12. The van der Waals surface area contributed by atoms with Crippen LogP contribution in [-0.4, -0.2) is 18.0 Å². The first kappa shape index (κ1) is 13.4. The van der Waals surface area contributed by atoms with Crippen molar-refractivity contribution in [3.8, 4) is 5.75 Å². The number of carbonyl (C=O) groups excluding carboxylic acids is 1. The highest BCUT2D eigenvalue weighted by Crippen LogP contribution is 2.34. The molecule has 7 heteroatoms. The van der Waals surface area contributed by atoms with Crippen molar-refractivity contribution in [3.63, 3.8) is 0 Å². The summed E-state index contributed by atoms with van der Waals surface area (Å²) in [4.78, 5) is 16.4. The Morgan fingerprint density at radius 1 is 1.43 bits per heavy atom. The van der Waals surface area contributed by atoms with Crippen molar-refractivity contribution < 1.29 is 13.9 Å². The molecule has 0 spiro atoms. The first-order chi connectivity index (χ1) is 10.1. The number of ether oxygens (including phenoxy) is 1. The van der Waals surface area contributed by atoms with Gasteiger partial charge in [0.1, 0.15) is 17.0 Å². The summed E-state index contributed by atoms with van der Waals surface area (Å²) in [6.45, 7) is 1.78. The first-order valence-electron chi connectivity index (χ1n) is 6.18. The van der Waals surface area contributed by atoms with E-state index >= 15 is 0 Å². The van der Waals surface area contributed by atoms with E-state index in [0.29, 0.717) is 27.8 Å². The van der Waals surface area contributed by atoms with Crippen molar-refractivity contribution in [1.82, 2.24) is 4.98 Å². The second kappa shape index (κ2) is 5.10. The second-order valence-corrected chi connectivity index (χ2v) is 5.48. The number of anilines is 2. The fourth-order valence-corrected chi connectivity index (χ4v) is 2.87. The topological polar surface area (TPSA) is 90.4 Å². The number of furan rings is 1. The number of rotatable bonds is 3. The highest BCUT2D eigenvalue weighted by atomic mass is 32.1. The molecular weight excluding hydrogens is 290 g/mol. The van der Waals surface area contributed by atoms with Crippen molar-refractivity contribution in [1.29, 1.82) is 0 Å². The molecule has 0 radical (unpaired) electrons. The van der Waals surface area contributed by atoms with Gasteiger partial charge in [-0.05, 0) is 25.1 Å². The van der Waals surface area contributed by atoms with E-state index in [9.17, 15) is 4.79 Å². The smallest absolute Gasteiger partial charge is 0.293 e. The molecule has 1 aromatic carbocycles. The third kappa shape index (κ3) is 2.55. The number of aromatic nitrogens is 1. The molecule has 0 fully saturated rings. The lowest BCUT2D eigenvalue weighted by atomic mass is 10.3. The predicted octanol–water partition coefficient (Wildman–Crippen LogP) is 3.04. The number of nitrogens with one attached hydrogen (secondary N) is 1. The van der Waals surface area contributed by atoms with Gasteiger partial charge in [-0.3, -0.25) is 10.1 Å². The number of nitrogen functional groups attached to an aromatic ring is 1. The molecule has 6 nitrogen and oxygen atoms in total. The number of fused-ring (bicyclic) bond motifs is 1. The van der Waals surface area contributed by atoms with Gasteiger partial charge < -0.3 is 14.9 Å². The molecule has 0 unspecified atom stereocenters. The van der Waals surface area contributed by atoms with Gasteiger partial charge in [0.25, 0.3) is 5.91 Å². The number of hydrogen-bond donors (Lipinski definition) is 2. The molecule has 0 saturated heterocycles. The standard InChI is InChI=1S/C14H13N3O3S/c1-7-3-4-9(20-7)13(18)17-14-16-12-10(19-2)5-8(15)6-11(12)21-14/h3-6H,15H2,1-2H3,(H,16,17,18). The Balaban J connectivity index is 1.93. The van der Waals surface area contributed by atoms with Gasteiger partial charge >= 0.3 is 0 Å². The van der Waals surface area contributed by atoms with Crippen molar-refractivity contribution in [3.05, 3.63) is 35.8 Å². The van der Waals surface area contributed by atoms with Crippen LogP contribution < -0.4 is 15.8 Å². The molecule has 2 aromatic heterocycles. The van der Waals surface area contributed by atoms with Gasteiger partial charge in [-0.1, -0.05) is 11.3 Å². The maximum atomic E-state index is 12.0. The predicted molar refractivity (Wildman–Crippen MR) is 82.0 cm³/mol. The minimum atomic E-state index is -0.339. The number of carbonyl (C=O) groups is 1. The highest BCUT2D eigenvalue weighted by Gasteiger charge is 2.15. The van der Waals surface area contributed by atoms with Crippen LogP contribution >= 0.6 is 11.3 Å². The van der Waals surface area contributed by atoms with Crippen LogP contribution in [0.2, 0.25) is 0 Å². The zero-order valence-electron chi connectivity index (χ0n) is 11.5. The number of aryl methyl sites for hydroxylation is 1. The van der Waals surface area contributed by atoms with Crippen molar-refractivity contribution in [2.45, 2.75) is 6.92 Å². The van der Waals surface area contributed by atoms with Crippen LogP contribution in [0.15, 0.2) is 28.7 Å². The number of benzene rings is 1. The summed E-state index contributed by atoms with van der Waals surface area (Å²) in [6, 6.07) is 6.85. The number of methoxy groups -OCH3 is 1. The number of amides is 1. The van der Waals surface area contributed by atoms with Crippen molar-refractivity contribution >= 4 is 38.3 Å². The van der Waals surface area contributed by atoms with Gasteiger partial charge in [0, 0.05) is 11.8 Å². The Hall–Kier alpha value is -2.54. The summed E-state index contributed by atoms with van der Waals surface area (Å²) >= 11 is 1.33. The van der Waals surface area contributed by atoms with Crippen LogP contribution in [0.1, 0.15) is 16.3 Å². The molecule has 3 rings (SSSR count). The quantitative estimate of drug-likeness (QED) is 0.726. The summed E-state index contributed by atoms with van der Waals surface area (Å²) in [5.41, 5.74) is 7.06. The summed E-state index contributed by atoms with van der Waals surface area (Å²) in [5, 5.41) is 3.18. The molecule has 2 heterocycles. The van der Waals surface area contributed by atoms with E-state index in [4.69, 9.17) is 14.9 Å². The van der Waals surface area contributed by atoms with Crippen LogP contribution in [0.5, 0.6) is 5.75 Å². The Morgan fingerprint density at radius 3 is 2.90 bits per heavy atom. The zero-order chi connectivity index (χ0) is 15.0. The van der Waals surface area contributed by atoms with Crippen LogP contribution in [0.3, 0.4) is 0 Å². The van der Waals surface area contributed by atoms with E-state index in [0.717, 1.165) is 4.70 Å². The fourth-order valence-electron chi connectivity index (χ4n) is 1.94. The van der Waals surface area contributed by atoms with Crippen LogP contribution in [-0.2, 0) is 0 Å². The van der Waals surface area contributed by atoms with E-state index in [1.54, 1.807) is 38.3 Å². The molecule has 3 N–H and O–H groups in total. The van der Waals surface area contributed by atoms with E-state index in [1.807, 2.05) is 0 Å². The Morgan fingerprint density at radius 2 is 2.24 bits per heavy atom. The Bertz CT molecular complexity index is 822. The summed E-state index contributed by atoms with van der Waals surface area (Å²) in [6.07, 6.45) is 0. The van der Waals surface area contributed by atoms with Crippen molar-refractivity contribution in [2.24, 2.45) is 0 Å². The molecule has 1 amide bonds. The lowest BCUT2D eigenvalue weighted by Crippen LogP contribution is -2.10. The fraction of sp³-hybridized carbons (Fsp3) is 0.143. The van der Waals surface area contributed by atoms with Crippen LogP contribution in [0.4, 0.5) is 10.8 Å². The first-order valence-corrected chi connectivity index (χ1v) is 7.00. The van der Waals surface area contributed by atoms with Gasteiger partial charge in [-0.2, -0.15) is 0 Å². The average molecular weight is 303 g/mol. The molecule has 3 aromatic rings. The molecule has 0 atom stereocenters. The molecule has 0 aliphatic carbocycles. The minimum absolute atomic E-state index is 0.248. The van der Waals surface area contributed by atoms with Gasteiger partial charge in [0.15, 0.2) is 10.9 Å². The van der Waals surface area contributed by atoms with Gasteiger partial charge in [-0.25, -0.2) is 4.98 Å². The van der Waals surface area contributed by atoms with E-state index in [-0.39, 0.29) is 11.7 Å². The van der Waals surface area contributed by atoms with Crippen LogP contribution in [0.25, 0.3) is 10.2 Å². The third-order valence-electron chi connectivity index (χ3n) is 2.89. The molecule has 21 heavy (non-hydrogen) atoms. The lowest BCUT2D eigenvalue weighted by Gasteiger charge is -2.01. The molecule has 108 valence electrons. The third-order valence-corrected chi connectivity index (χ3v) is 3.80. The van der Waals surface area contributed by atoms with Gasteiger partial charge in [-0.15, -0.1) is 0 Å². The van der Waals surface area contributed by atoms with Gasteiger partial charge in [0.2, 0.25) is 0 Å². The summed E-state index contributed by atoms with van der Waals surface area (Å²) < 4.78 is 11.4. The van der Waals surface area contributed by atoms with Crippen molar-refractivity contribution in [2.75, 3.05) is 18.2 Å². The van der Waals surface area contributed by atoms with E-state index in [2.05, 4.69) is 10.3 Å². The largest absolute Gasteiger partial charge is 0.494 e. The maximum Gasteiger partial charge on any atom is 0.293 e. The lowest BCUT2D eigenvalue weighted by molar-refractivity contribution is 0.0995. The molecule has 0 saturated carbocycles. The maximum absolute atomic E-state index is 12.0. The molecule has 0 bridgehead atoms.